The molecule has 0 saturated carbocycles. The number of carbonyl (C=O) groups is 3. The lowest BCUT2D eigenvalue weighted by Gasteiger charge is -2.27. The smallest absolute Gasteiger partial charge is 0.321 e. The normalized spacial score (nSPS) is 21.7. The summed E-state index contributed by atoms with van der Waals surface area (Å²) in [6.07, 6.45) is 0.251. The number of rotatable bonds is 5. The van der Waals surface area contributed by atoms with Gasteiger partial charge >= 0.3 is 5.97 Å². The number of methoxy groups -OCH3 is 1. The molecule has 0 radical (unpaired) electrons. The molecule has 23 heavy (non-hydrogen) atoms. The Kier molecular flexibility index (Phi) is 4.75. The zero-order valence-electron chi connectivity index (χ0n) is 14.1. The van der Waals surface area contributed by atoms with E-state index in [-0.39, 0.29) is 12.3 Å². The Bertz CT molecular complexity index is 623. The number of imide groups is 1. The fourth-order valence-electron chi connectivity index (χ4n) is 2.82. The molecule has 0 spiro atoms. The van der Waals surface area contributed by atoms with Gasteiger partial charge in [-0.1, -0.05) is 43.9 Å². The van der Waals surface area contributed by atoms with Crippen LogP contribution < -0.4 is 4.90 Å². The van der Waals surface area contributed by atoms with Gasteiger partial charge in [0.1, 0.15) is 0 Å². The molecule has 0 bridgehead atoms. The quantitative estimate of drug-likeness (QED) is 0.360. The average molecular weight is 333 g/mol. The summed E-state index contributed by atoms with van der Waals surface area (Å²) >= 11 is 0. The summed E-state index contributed by atoms with van der Waals surface area (Å²) < 4.78 is 4.88. The minimum atomic E-state index is -1.47. The molecule has 2 rings (SSSR count). The molecule has 2 amide bonds. The largest absolute Gasteiger partial charge is 0.468 e. The van der Waals surface area contributed by atoms with Crippen LogP contribution in [0.3, 0.4) is 0 Å². The summed E-state index contributed by atoms with van der Waals surface area (Å²) in [5.41, 5.74) is -0.872. The average Bonchev–Trinajstić information content (AvgIpc) is 2.76. The maximum absolute atomic E-state index is 13.0. The summed E-state index contributed by atoms with van der Waals surface area (Å²) in [4.78, 5) is 38.9. The van der Waals surface area contributed by atoms with Crippen LogP contribution in [0, 0.1) is 5.41 Å². The SMILES string of the molecule is COC(=O)C1(CC[Si](C)(C)C)CC(=O)N(c2ccccc2)C1=O. The highest BCUT2D eigenvalue weighted by molar-refractivity contribution is 6.76. The maximum atomic E-state index is 13.0. The summed E-state index contributed by atoms with van der Waals surface area (Å²) in [5.74, 6) is -1.41. The third-order valence-electron chi connectivity index (χ3n) is 4.21. The molecule has 1 aliphatic rings. The number of carbonyl (C=O) groups excluding carboxylic acids is 3. The van der Waals surface area contributed by atoms with E-state index in [9.17, 15) is 14.4 Å². The summed E-state index contributed by atoms with van der Waals surface area (Å²) in [7, 11) is -0.208. The molecule has 1 saturated heterocycles. The molecule has 0 aliphatic carbocycles. The van der Waals surface area contributed by atoms with E-state index in [2.05, 4.69) is 19.6 Å². The van der Waals surface area contributed by atoms with Crippen molar-refractivity contribution in [2.45, 2.75) is 38.5 Å². The van der Waals surface area contributed by atoms with Crippen LogP contribution in [0.1, 0.15) is 12.8 Å². The van der Waals surface area contributed by atoms with Crippen molar-refractivity contribution in [3.63, 3.8) is 0 Å². The number of nitrogens with zero attached hydrogens (tertiary/aromatic N) is 1. The van der Waals surface area contributed by atoms with Gasteiger partial charge < -0.3 is 4.74 Å². The van der Waals surface area contributed by atoms with Crippen LogP contribution in [0.5, 0.6) is 0 Å². The molecule has 1 fully saturated rings. The number of hydrogen-bond acceptors (Lipinski definition) is 4. The predicted molar refractivity (Wildman–Crippen MR) is 90.8 cm³/mol. The highest BCUT2D eigenvalue weighted by atomic mass is 28.3. The van der Waals surface area contributed by atoms with Crippen molar-refractivity contribution in [3.8, 4) is 0 Å². The van der Waals surface area contributed by atoms with Gasteiger partial charge in [-0.05, 0) is 18.6 Å². The predicted octanol–water partition coefficient (Wildman–Crippen LogP) is 2.84. The van der Waals surface area contributed by atoms with E-state index < -0.39 is 25.4 Å². The van der Waals surface area contributed by atoms with Gasteiger partial charge in [0, 0.05) is 8.07 Å². The molecule has 1 unspecified atom stereocenters. The van der Waals surface area contributed by atoms with E-state index in [0.717, 1.165) is 10.9 Å². The first-order chi connectivity index (χ1) is 10.7. The van der Waals surface area contributed by atoms with Crippen LogP contribution in [-0.2, 0) is 19.1 Å². The van der Waals surface area contributed by atoms with Crippen LogP contribution in [0.4, 0.5) is 5.69 Å². The molecule has 1 aromatic carbocycles. The van der Waals surface area contributed by atoms with E-state index in [1.807, 2.05) is 6.07 Å². The number of ether oxygens (including phenoxy) is 1. The first kappa shape index (κ1) is 17.4. The monoisotopic (exact) mass is 333 g/mol. The van der Waals surface area contributed by atoms with Crippen LogP contribution >= 0.6 is 0 Å². The molecular formula is C17H23NO4Si. The van der Waals surface area contributed by atoms with E-state index in [0.29, 0.717) is 12.1 Å². The van der Waals surface area contributed by atoms with E-state index in [4.69, 9.17) is 4.74 Å². The van der Waals surface area contributed by atoms with Gasteiger partial charge in [0.25, 0.3) is 5.91 Å². The minimum Gasteiger partial charge on any atom is -0.468 e. The third kappa shape index (κ3) is 3.37. The highest BCUT2D eigenvalue weighted by Crippen LogP contribution is 2.42. The Hall–Kier alpha value is -1.95. The molecule has 5 nitrogen and oxygen atoms in total. The van der Waals surface area contributed by atoms with Gasteiger partial charge in [0.15, 0.2) is 5.41 Å². The Labute approximate surface area is 137 Å². The van der Waals surface area contributed by atoms with Gasteiger partial charge in [-0.15, -0.1) is 0 Å². The fraction of sp³-hybridized carbons (Fsp3) is 0.471. The van der Waals surface area contributed by atoms with Crippen molar-refractivity contribution in [3.05, 3.63) is 30.3 Å². The Morgan fingerprint density at radius 1 is 1.22 bits per heavy atom. The molecule has 1 aromatic rings. The summed E-state index contributed by atoms with van der Waals surface area (Å²) in [6, 6.07) is 9.51. The van der Waals surface area contributed by atoms with Crippen LogP contribution in [0.25, 0.3) is 0 Å². The first-order valence-corrected chi connectivity index (χ1v) is 11.4. The first-order valence-electron chi connectivity index (χ1n) is 7.72. The number of esters is 1. The highest BCUT2D eigenvalue weighted by Gasteiger charge is 2.58. The van der Waals surface area contributed by atoms with Gasteiger partial charge in [-0.3, -0.25) is 14.4 Å². The number of amides is 2. The molecule has 1 heterocycles. The van der Waals surface area contributed by atoms with Crippen molar-refractivity contribution in [1.82, 2.24) is 0 Å². The van der Waals surface area contributed by atoms with Crippen molar-refractivity contribution in [1.29, 1.82) is 0 Å². The molecule has 1 atom stereocenters. The zero-order valence-corrected chi connectivity index (χ0v) is 15.1. The lowest BCUT2D eigenvalue weighted by Crippen LogP contribution is -2.42. The van der Waals surface area contributed by atoms with Gasteiger partial charge in [-0.25, -0.2) is 4.90 Å². The van der Waals surface area contributed by atoms with Gasteiger partial charge in [0.05, 0.1) is 19.2 Å². The molecule has 124 valence electrons. The second kappa shape index (κ2) is 6.27. The van der Waals surface area contributed by atoms with Crippen molar-refractivity contribution >= 4 is 31.5 Å². The number of benzene rings is 1. The van der Waals surface area contributed by atoms with E-state index in [1.54, 1.807) is 24.3 Å². The van der Waals surface area contributed by atoms with Crippen molar-refractivity contribution in [2.24, 2.45) is 5.41 Å². The number of hydrogen-bond donors (Lipinski definition) is 0. The van der Waals surface area contributed by atoms with Gasteiger partial charge in [0.2, 0.25) is 5.91 Å². The number of anilines is 1. The minimum absolute atomic E-state index is 0.113. The second-order valence-corrected chi connectivity index (χ2v) is 12.8. The Morgan fingerprint density at radius 2 is 1.83 bits per heavy atom. The second-order valence-electron chi connectivity index (χ2n) is 7.18. The number of para-hydroxylation sites is 1. The van der Waals surface area contributed by atoms with Crippen LogP contribution in [0.15, 0.2) is 30.3 Å². The molecule has 6 heteroatoms. The van der Waals surface area contributed by atoms with Crippen LogP contribution in [-0.4, -0.2) is 33.0 Å². The standard InChI is InChI=1S/C17H23NO4Si/c1-22-16(21)17(10-11-23(2,3)4)12-14(19)18(15(17)20)13-8-6-5-7-9-13/h5-9H,10-12H2,1-4H3. The Balaban J connectivity index is 2.39. The topological polar surface area (TPSA) is 63.7 Å². The third-order valence-corrected chi connectivity index (χ3v) is 5.96. The van der Waals surface area contributed by atoms with Gasteiger partial charge in [-0.2, -0.15) is 0 Å². The van der Waals surface area contributed by atoms with Crippen LogP contribution in [0.2, 0.25) is 25.7 Å². The Morgan fingerprint density at radius 3 is 2.35 bits per heavy atom. The molecular weight excluding hydrogens is 310 g/mol. The lowest BCUT2D eigenvalue weighted by molar-refractivity contribution is -0.157. The molecule has 0 aromatic heterocycles. The summed E-state index contributed by atoms with van der Waals surface area (Å²) in [6.45, 7) is 6.52. The molecule has 0 N–H and O–H groups in total. The maximum Gasteiger partial charge on any atom is 0.321 e. The van der Waals surface area contributed by atoms with Crippen molar-refractivity contribution < 1.29 is 19.1 Å². The lowest BCUT2D eigenvalue weighted by atomic mass is 9.83. The summed E-state index contributed by atoms with van der Waals surface area (Å²) in [5, 5.41) is 0. The van der Waals surface area contributed by atoms with E-state index in [1.165, 1.54) is 7.11 Å². The molecule has 1 aliphatic heterocycles. The van der Waals surface area contributed by atoms with Crippen molar-refractivity contribution in [2.75, 3.05) is 12.0 Å². The zero-order chi connectivity index (χ0) is 17.3. The van der Waals surface area contributed by atoms with E-state index >= 15 is 0 Å². The fourth-order valence-corrected chi connectivity index (χ4v) is 4.00.